The molecule has 4 N–H and O–H groups in total. The standard InChI is InChI=1S/C25H18O2.C2H2O5/c26-19-13-9-17(10-14-19)25(18-11-15-20(27)16-12-18)23-7-3-1-5-21(23)22-6-2-4-8-24(22)25;3-1(4)7-2(5)6/h1-16,26-27H;(H,3,4)(H,5,6). The van der Waals surface area contributed by atoms with Gasteiger partial charge < -0.3 is 25.2 Å². The molecule has 0 bridgehead atoms. The minimum atomic E-state index is -1.81. The molecule has 0 aliphatic heterocycles. The van der Waals surface area contributed by atoms with Crippen molar-refractivity contribution >= 4 is 12.3 Å². The van der Waals surface area contributed by atoms with Crippen molar-refractivity contribution in [1.82, 2.24) is 0 Å². The number of carbonyl (C=O) groups is 2. The average Bonchev–Trinajstić information content (AvgIpc) is 3.11. The van der Waals surface area contributed by atoms with Crippen molar-refractivity contribution in [1.29, 1.82) is 0 Å². The molecule has 7 heteroatoms. The van der Waals surface area contributed by atoms with Crippen LogP contribution >= 0.6 is 0 Å². The van der Waals surface area contributed by atoms with Gasteiger partial charge in [-0.15, -0.1) is 0 Å². The molecule has 0 aromatic heterocycles. The van der Waals surface area contributed by atoms with Crippen LogP contribution in [0.5, 0.6) is 11.5 Å². The van der Waals surface area contributed by atoms with E-state index in [1.165, 1.54) is 22.3 Å². The summed E-state index contributed by atoms with van der Waals surface area (Å²) in [5, 5.41) is 34.7. The first-order valence-electron chi connectivity index (χ1n) is 10.3. The number of phenols is 2. The Hall–Kier alpha value is -4.78. The lowest BCUT2D eigenvalue weighted by Gasteiger charge is -2.33. The maximum atomic E-state index is 9.85. The maximum Gasteiger partial charge on any atom is 0.516 e. The van der Waals surface area contributed by atoms with E-state index in [4.69, 9.17) is 10.2 Å². The minimum absolute atomic E-state index is 0.249. The Morgan fingerprint density at radius 1 is 0.559 bits per heavy atom. The first-order chi connectivity index (χ1) is 16.3. The van der Waals surface area contributed by atoms with Crippen molar-refractivity contribution in [3.63, 3.8) is 0 Å². The molecule has 0 amide bonds. The van der Waals surface area contributed by atoms with Gasteiger partial charge in [-0.2, -0.15) is 0 Å². The lowest BCUT2D eigenvalue weighted by Crippen LogP contribution is -2.28. The molecular weight excluding hydrogens is 436 g/mol. The number of benzene rings is 4. The summed E-state index contributed by atoms with van der Waals surface area (Å²) in [6, 6.07) is 31.9. The van der Waals surface area contributed by atoms with Crippen LogP contribution in [-0.2, 0) is 10.2 Å². The Bertz CT molecular complexity index is 1240. The van der Waals surface area contributed by atoms with Crippen LogP contribution in [0, 0.1) is 0 Å². The number of aromatic hydroxyl groups is 2. The van der Waals surface area contributed by atoms with Crippen molar-refractivity contribution in [2.75, 3.05) is 0 Å². The van der Waals surface area contributed by atoms with E-state index in [9.17, 15) is 19.8 Å². The second-order valence-electron chi connectivity index (χ2n) is 7.57. The van der Waals surface area contributed by atoms with Gasteiger partial charge in [-0.25, -0.2) is 9.59 Å². The Morgan fingerprint density at radius 2 is 0.912 bits per heavy atom. The molecule has 1 aliphatic rings. The fourth-order valence-corrected chi connectivity index (χ4v) is 4.52. The largest absolute Gasteiger partial charge is 0.516 e. The Labute approximate surface area is 194 Å². The van der Waals surface area contributed by atoms with Gasteiger partial charge in [-0.1, -0.05) is 72.8 Å². The van der Waals surface area contributed by atoms with E-state index in [0.717, 1.165) is 11.1 Å². The molecule has 4 aromatic carbocycles. The van der Waals surface area contributed by atoms with Gasteiger partial charge >= 0.3 is 12.3 Å². The molecule has 34 heavy (non-hydrogen) atoms. The van der Waals surface area contributed by atoms with E-state index >= 15 is 0 Å². The molecule has 0 saturated carbocycles. The number of ether oxygens (including phenoxy) is 1. The molecule has 170 valence electrons. The van der Waals surface area contributed by atoms with Gasteiger partial charge in [-0.3, -0.25) is 0 Å². The third-order valence-electron chi connectivity index (χ3n) is 5.73. The van der Waals surface area contributed by atoms with Gasteiger partial charge in [-0.05, 0) is 57.6 Å². The monoisotopic (exact) mass is 456 g/mol. The summed E-state index contributed by atoms with van der Waals surface area (Å²) in [5.41, 5.74) is 6.54. The molecule has 7 nitrogen and oxygen atoms in total. The molecule has 0 heterocycles. The molecule has 0 radical (unpaired) electrons. The average molecular weight is 456 g/mol. The van der Waals surface area contributed by atoms with Crippen LogP contribution in [0.3, 0.4) is 0 Å². The molecule has 0 atom stereocenters. The van der Waals surface area contributed by atoms with Crippen LogP contribution in [0.4, 0.5) is 9.59 Å². The SMILES string of the molecule is O=C(O)OC(=O)O.Oc1ccc(C2(c3ccc(O)cc3)c3ccccc3-c3ccccc32)cc1. The van der Waals surface area contributed by atoms with Gasteiger partial charge in [0.1, 0.15) is 11.5 Å². The number of carboxylic acid groups (broad SMARTS) is 2. The zero-order valence-corrected chi connectivity index (χ0v) is 17.8. The second-order valence-corrected chi connectivity index (χ2v) is 7.57. The van der Waals surface area contributed by atoms with Gasteiger partial charge in [0.25, 0.3) is 0 Å². The molecule has 0 fully saturated rings. The number of fused-ring (bicyclic) bond motifs is 3. The molecule has 4 aromatic rings. The number of hydrogen-bond donors (Lipinski definition) is 4. The van der Waals surface area contributed by atoms with Gasteiger partial charge in [0.15, 0.2) is 0 Å². The Balaban J connectivity index is 0.000000344. The van der Waals surface area contributed by atoms with Gasteiger partial charge in [0.05, 0.1) is 5.41 Å². The summed E-state index contributed by atoms with van der Waals surface area (Å²) in [6.07, 6.45) is -3.62. The smallest absolute Gasteiger partial charge is 0.508 e. The fraction of sp³-hybridized carbons (Fsp3) is 0.0370. The first-order valence-corrected chi connectivity index (χ1v) is 10.3. The topological polar surface area (TPSA) is 124 Å². The van der Waals surface area contributed by atoms with Crippen LogP contribution in [0.15, 0.2) is 97.1 Å². The van der Waals surface area contributed by atoms with E-state index < -0.39 is 17.7 Å². The predicted octanol–water partition coefficient (Wildman–Crippen LogP) is 5.82. The van der Waals surface area contributed by atoms with Crippen molar-refractivity contribution in [2.24, 2.45) is 0 Å². The van der Waals surface area contributed by atoms with Gasteiger partial charge in [0.2, 0.25) is 0 Å². The lowest BCUT2D eigenvalue weighted by molar-refractivity contribution is 0.0802. The zero-order valence-electron chi connectivity index (χ0n) is 17.8. The summed E-state index contributed by atoms with van der Waals surface area (Å²) in [7, 11) is 0. The summed E-state index contributed by atoms with van der Waals surface area (Å²) in [4.78, 5) is 18.4. The van der Waals surface area contributed by atoms with E-state index in [2.05, 4.69) is 53.3 Å². The lowest BCUT2D eigenvalue weighted by atomic mass is 9.68. The highest BCUT2D eigenvalue weighted by atomic mass is 16.7. The third kappa shape index (κ3) is 3.91. The third-order valence-corrected chi connectivity index (χ3v) is 5.73. The zero-order chi connectivity index (χ0) is 24.3. The normalized spacial score (nSPS) is 12.5. The van der Waals surface area contributed by atoms with Crippen molar-refractivity contribution in [3.8, 4) is 22.6 Å². The van der Waals surface area contributed by atoms with Crippen molar-refractivity contribution < 1.29 is 34.8 Å². The van der Waals surface area contributed by atoms with Crippen LogP contribution in [-0.4, -0.2) is 32.7 Å². The quantitative estimate of drug-likeness (QED) is 0.195. The van der Waals surface area contributed by atoms with E-state index in [0.29, 0.717) is 0 Å². The fourth-order valence-electron chi connectivity index (χ4n) is 4.52. The van der Waals surface area contributed by atoms with Crippen molar-refractivity contribution in [2.45, 2.75) is 5.41 Å². The predicted molar refractivity (Wildman–Crippen MR) is 124 cm³/mol. The summed E-state index contributed by atoms with van der Waals surface area (Å²) in [6.45, 7) is 0. The summed E-state index contributed by atoms with van der Waals surface area (Å²) >= 11 is 0. The highest BCUT2D eigenvalue weighted by Gasteiger charge is 2.45. The highest BCUT2D eigenvalue weighted by molar-refractivity contribution is 5.86. The van der Waals surface area contributed by atoms with Crippen LogP contribution in [0.2, 0.25) is 0 Å². The highest BCUT2D eigenvalue weighted by Crippen LogP contribution is 2.56. The second kappa shape index (κ2) is 8.99. The van der Waals surface area contributed by atoms with Crippen LogP contribution in [0.25, 0.3) is 11.1 Å². The van der Waals surface area contributed by atoms with E-state index in [1.54, 1.807) is 24.3 Å². The minimum Gasteiger partial charge on any atom is -0.508 e. The Kier molecular flexibility index (Phi) is 5.93. The van der Waals surface area contributed by atoms with E-state index in [1.807, 2.05) is 24.3 Å². The first kappa shape index (κ1) is 22.4. The number of rotatable bonds is 2. The molecular formula is C27H20O7. The molecule has 0 spiro atoms. The van der Waals surface area contributed by atoms with Gasteiger partial charge in [0, 0.05) is 0 Å². The molecule has 0 unspecified atom stereocenters. The van der Waals surface area contributed by atoms with E-state index in [-0.39, 0.29) is 11.5 Å². The molecule has 5 rings (SSSR count). The van der Waals surface area contributed by atoms with Crippen LogP contribution in [0.1, 0.15) is 22.3 Å². The molecule has 0 saturated heterocycles. The summed E-state index contributed by atoms with van der Waals surface area (Å²) in [5.74, 6) is 0.498. The molecule has 1 aliphatic carbocycles. The number of phenolic OH excluding ortho intramolecular Hbond substituents is 2. The van der Waals surface area contributed by atoms with Crippen molar-refractivity contribution in [3.05, 3.63) is 119 Å². The van der Waals surface area contributed by atoms with Crippen LogP contribution < -0.4 is 0 Å². The maximum absolute atomic E-state index is 9.85. The Morgan fingerprint density at radius 3 is 1.24 bits per heavy atom. The number of hydrogen-bond acceptors (Lipinski definition) is 5. The summed E-state index contributed by atoms with van der Waals surface area (Å²) < 4.78 is 3.08.